The van der Waals surface area contributed by atoms with Crippen LogP contribution in [0.2, 0.25) is 5.02 Å². The van der Waals surface area contributed by atoms with Crippen LogP contribution < -0.4 is 5.32 Å². The van der Waals surface area contributed by atoms with E-state index in [1.807, 2.05) is 12.1 Å². The predicted molar refractivity (Wildman–Crippen MR) is 75.0 cm³/mol. The summed E-state index contributed by atoms with van der Waals surface area (Å²) >= 11 is 9.77. The lowest BCUT2D eigenvalue weighted by atomic mass is 9.82. The van der Waals surface area contributed by atoms with Crippen molar-refractivity contribution in [3.63, 3.8) is 0 Å². The van der Waals surface area contributed by atoms with Gasteiger partial charge in [-0.15, -0.1) is 0 Å². The molecule has 0 saturated carbocycles. The van der Waals surface area contributed by atoms with Gasteiger partial charge < -0.3 is 5.32 Å². The summed E-state index contributed by atoms with van der Waals surface area (Å²) in [7, 11) is 0. The van der Waals surface area contributed by atoms with Crippen LogP contribution in [0.4, 0.5) is 0 Å². The van der Waals surface area contributed by atoms with E-state index in [2.05, 4.69) is 55.0 Å². The Morgan fingerprint density at radius 2 is 2.00 bits per heavy atom. The third kappa shape index (κ3) is 3.47. The van der Waals surface area contributed by atoms with Gasteiger partial charge in [0.15, 0.2) is 0 Å². The standard InChI is InChI=1S/C13H19BrClN/c1-5-16-12(13(2,3)4)10-8-9(14)6-7-11(10)15/h6-8,12,16H,5H2,1-4H3. The Kier molecular flexibility index (Phi) is 4.84. The van der Waals surface area contributed by atoms with E-state index in [0.717, 1.165) is 21.6 Å². The predicted octanol–water partition coefficient (Wildman–Crippen LogP) is 4.80. The summed E-state index contributed by atoms with van der Waals surface area (Å²) in [5, 5.41) is 4.32. The van der Waals surface area contributed by atoms with Gasteiger partial charge in [-0.3, -0.25) is 0 Å². The Bertz CT molecular complexity index is 357. The minimum atomic E-state index is 0.139. The van der Waals surface area contributed by atoms with Crippen molar-refractivity contribution in [2.75, 3.05) is 6.54 Å². The van der Waals surface area contributed by atoms with Crippen molar-refractivity contribution in [3.05, 3.63) is 33.3 Å². The Hall–Kier alpha value is -0.0500. The van der Waals surface area contributed by atoms with Crippen LogP contribution in [0.1, 0.15) is 39.3 Å². The van der Waals surface area contributed by atoms with Crippen LogP contribution in [0.15, 0.2) is 22.7 Å². The maximum Gasteiger partial charge on any atom is 0.0454 e. The van der Waals surface area contributed by atoms with E-state index in [9.17, 15) is 0 Å². The lowest BCUT2D eigenvalue weighted by Gasteiger charge is -2.32. The van der Waals surface area contributed by atoms with Gasteiger partial charge in [0.1, 0.15) is 0 Å². The quantitative estimate of drug-likeness (QED) is 0.846. The van der Waals surface area contributed by atoms with E-state index >= 15 is 0 Å². The second-order valence-electron chi connectivity index (χ2n) is 5.02. The van der Waals surface area contributed by atoms with Gasteiger partial charge in [0.05, 0.1) is 0 Å². The van der Waals surface area contributed by atoms with Crippen molar-refractivity contribution in [3.8, 4) is 0 Å². The lowest BCUT2D eigenvalue weighted by molar-refractivity contribution is 0.277. The van der Waals surface area contributed by atoms with Crippen LogP contribution >= 0.6 is 27.5 Å². The zero-order valence-corrected chi connectivity index (χ0v) is 12.6. The smallest absolute Gasteiger partial charge is 0.0454 e. The van der Waals surface area contributed by atoms with Gasteiger partial charge >= 0.3 is 0 Å². The van der Waals surface area contributed by atoms with Gasteiger partial charge in [-0.1, -0.05) is 55.2 Å². The average molecular weight is 305 g/mol. The Labute approximate surface area is 112 Å². The molecule has 0 aliphatic rings. The molecule has 16 heavy (non-hydrogen) atoms. The van der Waals surface area contributed by atoms with Crippen molar-refractivity contribution < 1.29 is 0 Å². The van der Waals surface area contributed by atoms with Gasteiger partial charge in [0, 0.05) is 15.5 Å². The third-order valence-corrected chi connectivity index (χ3v) is 3.38. The lowest BCUT2D eigenvalue weighted by Crippen LogP contribution is -2.32. The summed E-state index contributed by atoms with van der Waals surface area (Å²) in [6.45, 7) is 9.71. The first-order chi connectivity index (χ1) is 7.36. The molecule has 1 aromatic rings. The minimum absolute atomic E-state index is 0.139. The molecule has 0 amide bonds. The maximum atomic E-state index is 6.27. The van der Waals surface area contributed by atoms with Gasteiger partial charge in [-0.25, -0.2) is 0 Å². The van der Waals surface area contributed by atoms with E-state index in [4.69, 9.17) is 11.6 Å². The van der Waals surface area contributed by atoms with E-state index in [1.54, 1.807) is 0 Å². The van der Waals surface area contributed by atoms with Gasteiger partial charge in [0.2, 0.25) is 0 Å². The van der Waals surface area contributed by atoms with Gasteiger partial charge in [-0.2, -0.15) is 0 Å². The highest BCUT2D eigenvalue weighted by Crippen LogP contribution is 2.37. The first-order valence-corrected chi connectivity index (χ1v) is 6.71. The first-order valence-electron chi connectivity index (χ1n) is 5.54. The zero-order valence-electron chi connectivity index (χ0n) is 10.3. The molecule has 3 heteroatoms. The Morgan fingerprint density at radius 1 is 1.38 bits per heavy atom. The highest BCUT2D eigenvalue weighted by Gasteiger charge is 2.27. The summed E-state index contributed by atoms with van der Waals surface area (Å²) < 4.78 is 1.07. The summed E-state index contributed by atoms with van der Waals surface area (Å²) in [6, 6.07) is 6.28. The van der Waals surface area contributed by atoms with Crippen molar-refractivity contribution in [2.24, 2.45) is 5.41 Å². The summed E-state index contributed by atoms with van der Waals surface area (Å²) in [4.78, 5) is 0. The number of nitrogens with one attached hydrogen (secondary N) is 1. The molecule has 0 heterocycles. The Morgan fingerprint density at radius 3 is 2.50 bits per heavy atom. The first kappa shape index (κ1) is 14.0. The molecule has 0 saturated heterocycles. The third-order valence-electron chi connectivity index (χ3n) is 2.54. The molecule has 1 N–H and O–H groups in total. The minimum Gasteiger partial charge on any atom is -0.310 e. The van der Waals surface area contributed by atoms with Crippen LogP contribution in [0.3, 0.4) is 0 Å². The molecule has 0 spiro atoms. The van der Waals surface area contributed by atoms with Crippen LogP contribution in [-0.2, 0) is 0 Å². The van der Waals surface area contributed by atoms with E-state index in [1.165, 1.54) is 0 Å². The molecule has 90 valence electrons. The zero-order chi connectivity index (χ0) is 12.3. The fourth-order valence-electron chi connectivity index (χ4n) is 1.82. The van der Waals surface area contributed by atoms with Crippen LogP contribution in [0.5, 0.6) is 0 Å². The highest BCUT2D eigenvalue weighted by atomic mass is 79.9. The second-order valence-corrected chi connectivity index (χ2v) is 6.35. The van der Waals surface area contributed by atoms with E-state index < -0.39 is 0 Å². The van der Waals surface area contributed by atoms with Crippen molar-refractivity contribution >= 4 is 27.5 Å². The maximum absolute atomic E-state index is 6.27. The average Bonchev–Trinajstić information content (AvgIpc) is 2.17. The molecule has 1 nitrogen and oxygen atoms in total. The Balaban J connectivity index is 3.15. The molecule has 0 fully saturated rings. The van der Waals surface area contributed by atoms with Crippen LogP contribution in [0.25, 0.3) is 0 Å². The van der Waals surface area contributed by atoms with E-state index in [-0.39, 0.29) is 11.5 Å². The highest BCUT2D eigenvalue weighted by molar-refractivity contribution is 9.10. The molecule has 1 unspecified atom stereocenters. The number of hydrogen-bond donors (Lipinski definition) is 1. The van der Waals surface area contributed by atoms with Gasteiger partial charge in [0.25, 0.3) is 0 Å². The fraction of sp³-hybridized carbons (Fsp3) is 0.538. The summed E-state index contributed by atoms with van der Waals surface area (Å²) in [5.74, 6) is 0. The number of rotatable bonds is 3. The SMILES string of the molecule is CCNC(c1cc(Br)ccc1Cl)C(C)(C)C. The molecule has 1 aromatic carbocycles. The molecule has 0 radical (unpaired) electrons. The topological polar surface area (TPSA) is 12.0 Å². The number of benzene rings is 1. The van der Waals surface area contributed by atoms with Crippen molar-refractivity contribution in [1.29, 1.82) is 0 Å². The van der Waals surface area contributed by atoms with Crippen molar-refractivity contribution in [1.82, 2.24) is 5.32 Å². The summed E-state index contributed by atoms with van der Waals surface area (Å²) in [5.41, 5.74) is 1.30. The molecular formula is C13H19BrClN. The molecule has 0 bridgehead atoms. The molecular weight excluding hydrogens is 286 g/mol. The van der Waals surface area contributed by atoms with Crippen LogP contribution in [0, 0.1) is 5.41 Å². The monoisotopic (exact) mass is 303 g/mol. The molecule has 1 atom stereocenters. The summed E-state index contributed by atoms with van der Waals surface area (Å²) in [6.07, 6.45) is 0. The largest absolute Gasteiger partial charge is 0.310 e. The second kappa shape index (κ2) is 5.52. The fourth-order valence-corrected chi connectivity index (χ4v) is 2.43. The van der Waals surface area contributed by atoms with Crippen molar-refractivity contribution in [2.45, 2.75) is 33.7 Å². The number of hydrogen-bond acceptors (Lipinski definition) is 1. The van der Waals surface area contributed by atoms with E-state index in [0.29, 0.717) is 0 Å². The number of halogens is 2. The normalized spacial score (nSPS) is 13.9. The molecule has 0 aromatic heterocycles. The van der Waals surface area contributed by atoms with Crippen LogP contribution in [-0.4, -0.2) is 6.54 Å². The molecule has 1 rings (SSSR count). The molecule has 0 aliphatic heterocycles. The molecule has 0 aliphatic carbocycles. The van der Waals surface area contributed by atoms with Gasteiger partial charge in [-0.05, 0) is 35.7 Å².